The van der Waals surface area contributed by atoms with E-state index in [9.17, 15) is 39.4 Å². The summed E-state index contributed by atoms with van der Waals surface area (Å²) in [6.45, 7) is 13.4. The Morgan fingerprint density at radius 2 is 1.22 bits per heavy atom. The van der Waals surface area contributed by atoms with E-state index < -0.39 is 32.7 Å². The van der Waals surface area contributed by atoms with Crippen LogP contribution >= 0.6 is 15.9 Å². The topological polar surface area (TPSA) is 227 Å². The highest BCUT2D eigenvalue weighted by molar-refractivity contribution is 9.10. The van der Waals surface area contributed by atoms with Crippen LogP contribution in [0.5, 0.6) is 0 Å². The van der Waals surface area contributed by atoms with Crippen LogP contribution in [0, 0.1) is 20.2 Å². The van der Waals surface area contributed by atoms with Gasteiger partial charge in [0.15, 0.2) is 12.4 Å². The zero-order valence-corrected chi connectivity index (χ0v) is 33.2. The summed E-state index contributed by atoms with van der Waals surface area (Å²) in [6.07, 6.45) is 5.23. The summed E-state index contributed by atoms with van der Waals surface area (Å²) in [5.74, 6) is -0.532. The van der Waals surface area contributed by atoms with Crippen LogP contribution in [0.4, 0.5) is 31.7 Å². The molecule has 0 aromatic carbocycles. The number of pyridine rings is 2. The van der Waals surface area contributed by atoms with Gasteiger partial charge in [-0.1, -0.05) is 0 Å². The number of aromatic nitrogens is 2. The number of hydrogen-bond donors (Lipinski definition) is 0. The fourth-order valence-electron chi connectivity index (χ4n) is 6.08. The molecule has 19 nitrogen and oxygen atoms in total. The zero-order chi connectivity index (χ0) is 40.8. The van der Waals surface area contributed by atoms with Crippen molar-refractivity contribution in [1.82, 2.24) is 19.8 Å². The molecule has 0 bridgehead atoms. The molecule has 0 unspecified atom stereocenters. The van der Waals surface area contributed by atoms with Crippen LogP contribution in [0.2, 0.25) is 0 Å². The Morgan fingerprint density at radius 3 is 1.60 bits per heavy atom. The molecule has 0 radical (unpaired) electrons. The van der Waals surface area contributed by atoms with Gasteiger partial charge in [-0.25, -0.2) is 14.4 Å². The first-order valence-corrected chi connectivity index (χ1v) is 18.4. The summed E-state index contributed by atoms with van der Waals surface area (Å²) in [7, 11) is 0. The Kier molecular flexibility index (Phi) is 13.3. The third kappa shape index (κ3) is 12.2. The Morgan fingerprint density at radius 1 is 0.745 bits per heavy atom. The van der Waals surface area contributed by atoms with Crippen molar-refractivity contribution in [3.05, 3.63) is 61.4 Å². The molecule has 4 aliphatic rings. The van der Waals surface area contributed by atoms with Crippen LogP contribution in [-0.2, 0) is 23.7 Å². The van der Waals surface area contributed by atoms with Crippen molar-refractivity contribution in [3.8, 4) is 0 Å². The molecule has 3 amide bonds. The van der Waals surface area contributed by atoms with Crippen molar-refractivity contribution in [1.29, 1.82) is 0 Å². The molecule has 20 heteroatoms. The predicted molar refractivity (Wildman–Crippen MR) is 198 cm³/mol. The van der Waals surface area contributed by atoms with Crippen molar-refractivity contribution in [2.45, 2.75) is 102 Å². The molecule has 4 aliphatic heterocycles. The second-order valence-corrected chi connectivity index (χ2v) is 16.4. The third-order valence-electron chi connectivity index (χ3n) is 8.87. The van der Waals surface area contributed by atoms with E-state index in [0.29, 0.717) is 57.7 Å². The Balaban J connectivity index is 0.000000205. The van der Waals surface area contributed by atoms with E-state index in [1.807, 2.05) is 41.5 Å². The van der Waals surface area contributed by atoms with Crippen molar-refractivity contribution in [2.75, 3.05) is 37.6 Å². The van der Waals surface area contributed by atoms with Crippen LogP contribution < -0.4 is 4.90 Å². The van der Waals surface area contributed by atoms with E-state index in [-0.39, 0.29) is 35.4 Å². The maximum Gasteiger partial charge on any atom is 0.415 e. The molecule has 55 heavy (non-hydrogen) atoms. The lowest BCUT2D eigenvalue weighted by Crippen LogP contribution is -2.49. The van der Waals surface area contributed by atoms with Crippen molar-refractivity contribution in [3.63, 3.8) is 0 Å². The quantitative estimate of drug-likeness (QED) is 0.138. The van der Waals surface area contributed by atoms with Crippen LogP contribution in [0.3, 0.4) is 0 Å². The highest BCUT2D eigenvalue weighted by atomic mass is 79.9. The molecule has 2 aromatic rings. The standard InChI is InChI=1S/C17H22N4O6.C13H21NO4.C5H3BrN2O2/c1-16(2,3)26-14(22)19-8-6-17(7-9-19)11-20(15(23)27-17)12-4-5-13(18-10-12)21(24)25;1-12(2,3)18-11(16)14-8-6-13(7-9-14)5-4-10(15)17-13;6-4-1-2-5(7-3-4)8(9)10/h4-5,10H,6-9,11H2,1-3H3;4-9H2,1-3H3;1-3H. The summed E-state index contributed by atoms with van der Waals surface area (Å²) in [5, 5.41) is 20.7. The van der Waals surface area contributed by atoms with Crippen molar-refractivity contribution >= 4 is 57.5 Å². The van der Waals surface area contributed by atoms with Gasteiger partial charge in [-0.3, -0.25) is 9.69 Å². The van der Waals surface area contributed by atoms with E-state index >= 15 is 0 Å². The summed E-state index contributed by atoms with van der Waals surface area (Å²) >= 11 is 3.11. The average molecular weight is 837 g/mol. The molecule has 2 aromatic heterocycles. The number of carbonyl (C=O) groups is 4. The van der Waals surface area contributed by atoms with Gasteiger partial charge in [0.25, 0.3) is 0 Å². The van der Waals surface area contributed by atoms with E-state index in [2.05, 4.69) is 25.9 Å². The number of nitrogens with zero attached hydrogens (tertiary/aromatic N) is 7. The molecule has 2 spiro atoms. The first-order chi connectivity index (χ1) is 25.6. The summed E-state index contributed by atoms with van der Waals surface area (Å²) in [5.41, 5.74) is -1.58. The Labute approximate surface area is 326 Å². The number of amides is 3. The minimum absolute atomic E-state index is 0.110. The summed E-state index contributed by atoms with van der Waals surface area (Å²) < 4.78 is 22.4. The summed E-state index contributed by atoms with van der Waals surface area (Å²) in [6, 6.07) is 5.63. The van der Waals surface area contributed by atoms with Gasteiger partial charge in [-0.15, -0.1) is 0 Å². The number of carbonyl (C=O) groups excluding carboxylic acids is 4. The smallest absolute Gasteiger partial charge is 0.415 e. The Bertz CT molecular complexity index is 1730. The molecule has 0 saturated carbocycles. The largest absolute Gasteiger partial charge is 0.459 e. The molecule has 6 heterocycles. The fourth-order valence-corrected chi connectivity index (χ4v) is 6.31. The highest BCUT2D eigenvalue weighted by Crippen LogP contribution is 2.37. The number of ether oxygens (including phenoxy) is 4. The van der Waals surface area contributed by atoms with E-state index in [1.165, 1.54) is 35.5 Å². The van der Waals surface area contributed by atoms with Crippen LogP contribution in [0.1, 0.15) is 80.1 Å². The van der Waals surface area contributed by atoms with Crippen LogP contribution in [0.15, 0.2) is 41.1 Å². The van der Waals surface area contributed by atoms with Gasteiger partial charge >= 0.3 is 35.9 Å². The second kappa shape index (κ2) is 17.1. The normalized spacial score (nSPS) is 18.6. The van der Waals surface area contributed by atoms with Crippen LogP contribution in [0.25, 0.3) is 0 Å². The predicted octanol–water partition coefficient (Wildman–Crippen LogP) is 6.56. The van der Waals surface area contributed by atoms with Gasteiger partial charge in [-0.05, 0) is 95.8 Å². The first-order valence-electron chi connectivity index (χ1n) is 17.6. The molecule has 6 rings (SSSR count). The van der Waals surface area contributed by atoms with Crippen LogP contribution in [-0.4, -0.2) is 109 Å². The third-order valence-corrected chi connectivity index (χ3v) is 9.34. The molecule has 4 saturated heterocycles. The SMILES string of the molecule is CC(C)(C)OC(=O)N1CCC2(CC1)CN(c1ccc([N+](=O)[O-])nc1)C(=O)O2.CC(C)(C)OC(=O)N1CCC2(CCC(=O)O2)CC1.O=[N+]([O-])c1ccc(Br)cn1. The van der Waals surface area contributed by atoms with Crippen molar-refractivity contribution in [2.24, 2.45) is 0 Å². The average Bonchev–Trinajstić information content (AvgIpc) is 3.62. The summed E-state index contributed by atoms with van der Waals surface area (Å²) in [4.78, 5) is 79.2. The molecule has 0 N–H and O–H groups in total. The van der Waals surface area contributed by atoms with Gasteiger partial charge in [0.1, 0.15) is 22.4 Å². The van der Waals surface area contributed by atoms with E-state index in [1.54, 1.807) is 15.9 Å². The number of anilines is 1. The van der Waals surface area contributed by atoms with E-state index in [0.717, 1.165) is 23.7 Å². The van der Waals surface area contributed by atoms with E-state index in [4.69, 9.17) is 18.9 Å². The number of likely N-dealkylation sites (tertiary alicyclic amines) is 2. The molecule has 0 aliphatic carbocycles. The van der Waals surface area contributed by atoms with Gasteiger partial charge in [0.2, 0.25) is 0 Å². The molecule has 4 fully saturated rings. The zero-order valence-electron chi connectivity index (χ0n) is 31.6. The van der Waals surface area contributed by atoms with Gasteiger partial charge in [0.05, 0.1) is 16.7 Å². The molecular weight excluding hydrogens is 790 g/mol. The lowest BCUT2D eigenvalue weighted by molar-refractivity contribution is -0.389. The number of esters is 1. The monoisotopic (exact) mass is 835 g/mol. The minimum atomic E-state index is -0.683. The number of nitro groups is 2. The molecular formula is C35H46BrN7O12. The lowest BCUT2D eigenvalue weighted by Gasteiger charge is -2.38. The Hall–Kier alpha value is -5.14. The maximum atomic E-state index is 12.3. The van der Waals surface area contributed by atoms with Gasteiger partial charge < -0.3 is 49.0 Å². The second-order valence-electron chi connectivity index (χ2n) is 15.5. The molecule has 300 valence electrons. The van der Waals surface area contributed by atoms with Gasteiger partial charge in [-0.2, -0.15) is 0 Å². The lowest BCUT2D eigenvalue weighted by atomic mass is 9.89. The number of hydrogen-bond acceptors (Lipinski definition) is 14. The fraction of sp³-hybridized carbons (Fsp3) is 0.600. The molecule has 0 atom stereocenters. The van der Waals surface area contributed by atoms with Crippen molar-refractivity contribution < 1.29 is 48.0 Å². The number of piperidine rings is 2. The number of halogens is 1. The highest BCUT2D eigenvalue weighted by Gasteiger charge is 2.49. The number of rotatable bonds is 3. The van der Waals surface area contributed by atoms with Gasteiger partial charge in [0, 0.05) is 70.4 Å². The minimum Gasteiger partial charge on any atom is -0.459 e. The maximum absolute atomic E-state index is 12.3. The first kappa shape index (κ1) is 42.6.